The largest absolute Gasteiger partial charge is 0.306 e. The van der Waals surface area contributed by atoms with Crippen molar-refractivity contribution in [3.63, 3.8) is 0 Å². The molecule has 0 amide bonds. The first-order valence-corrected chi connectivity index (χ1v) is 9.98. The smallest absolute Gasteiger partial charge is 0.0761 e. The monoisotopic (exact) mass is 485 g/mol. The Morgan fingerprint density at radius 2 is 1.74 bits per heavy atom. The van der Waals surface area contributed by atoms with Crippen LogP contribution in [0.2, 0.25) is 0 Å². The molecule has 2 heterocycles. The Morgan fingerprint density at radius 1 is 1.11 bits per heavy atom. The Morgan fingerprint density at radius 3 is 2.21 bits per heavy atom. The lowest BCUT2D eigenvalue weighted by Gasteiger charge is -2.18. The molecular weight excluding hydrogens is 474 g/mol. The number of halogens is 3. The van der Waals surface area contributed by atoms with Gasteiger partial charge in [0.25, 0.3) is 0 Å². The van der Waals surface area contributed by atoms with Gasteiger partial charge in [0.15, 0.2) is 0 Å². The predicted molar refractivity (Wildman–Crippen MR) is 96.6 cm³/mol. The topological polar surface area (TPSA) is 12.0 Å². The molecular formula is C13H14Br3NS2. The van der Waals surface area contributed by atoms with Crippen molar-refractivity contribution in [3.8, 4) is 0 Å². The van der Waals surface area contributed by atoms with Crippen molar-refractivity contribution >= 4 is 70.5 Å². The van der Waals surface area contributed by atoms with Gasteiger partial charge in [0.05, 0.1) is 17.4 Å². The molecule has 1 N–H and O–H groups in total. The fourth-order valence-corrected chi connectivity index (χ4v) is 6.62. The van der Waals surface area contributed by atoms with E-state index in [1.807, 2.05) is 0 Å². The third-order valence-electron chi connectivity index (χ3n) is 2.83. The quantitative estimate of drug-likeness (QED) is 0.508. The van der Waals surface area contributed by atoms with Crippen molar-refractivity contribution in [2.45, 2.75) is 26.3 Å². The van der Waals surface area contributed by atoms with Crippen LogP contribution < -0.4 is 5.32 Å². The molecule has 1 nitrogen and oxygen atoms in total. The maximum atomic E-state index is 3.68. The van der Waals surface area contributed by atoms with Crippen LogP contribution in [0.5, 0.6) is 0 Å². The molecule has 1 atom stereocenters. The number of rotatable bonds is 5. The average molecular weight is 488 g/mol. The highest BCUT2D eigenvalue weighted by Crippen LogP contribution is 2.40. The molecule has 0 aliphatic heterocycles. The van der Waals surface area contributed by atoms with Crippen LogP contribution in [0.15, 0.2) is 23.5 Å². The second kappa shape index (κ2) is 7.18. The van der Waals surface area contributed by atoms with Crippen molar-refractivity contribution < 1.29 is 0 Å². The second-order valence-electron chi connectivity index (χ2n) is 4.23. The molecule has 2 aromatic heterocycles. The van der Waals surface area contributed by atoms with Gasteiger partial charge in [-0.2, -0.15) is 0 Å². The highest BCUT2D eigenvalue weighted by Gasteiger charge is 2.21. The SMILES string of the molecule is CCCNC(c1cc(Br)sc1C)c1cc(Br)sc1Br. The summed E-state index contributed by atoms with van der Waals surface area (Å²) in [4.78, 5) is 1.36. The number of hydrogen-bond acceptors (Lipinski definition) is 3. The van der Waals surface area contributed by atoms with Gasteiger partial charge in [-0.15, -0.1) is 22.7 Å². The number of aryl methyl sites for hydroxylation is 1. The standard InChI is InChI=1S/C13H14Br3NS2/c1-3-4-17-12(8-5-10(14)18-7(8)2)9-6-11(15)19-13(9)16/h5-6,12,17H,3-4H2,1-2H3. The molecule has 0 saturated carbocycles. The van der Waals surface area contributed by atoms with Crippen molar-refractivity contribution in [1.82, 2.24) is 5.32 Å². The number of hydrogen-bond donors (Lipinski definition) is 1. The van der Waals surface area contributed by atoms with Gasteiger partial charge in [0.2, 0.25) is 0 Å². The summed E-state index contributed by atoms with van der Waals surface area (Å²) in [5.74, 6) is 0. The summed E-state index contributed by atoms with van der Waals surface area (Å²) in [6.07, 6.45) is 1.13. The van der Waals surface area contributed by atoms with Gasteiger partial charge in [0.1, 0.15) is 0 Å². The van der Waals surface area contributed by atoms with E-state index in [9.17, 15) is 0 Å². The fourth-order valence-electron chi connectivity index (χ4n) is 1.97. The lowest BCUT2D eigenvalue weighted by molar-refractivity contribution is 0.598. The summed E-state index contributed by atoms with van der Waals surface area (Å²) in [5, 5.41) is 3.65. The minimum atomic E-state index is 0.249. The first-order chi connectivity index (χ1) is 9.02. The average Bonchev–Trinajstić information content (AvgIpc) is 2.83. The van der Waals surface area contributed by atoms with Gasteiger partial charge < -0.3 is 5.32 Å². The first kappa shape index (κ1) is 16.2. The lowest BCUT2D eigenvalue weighted by atomic mass is 10.0. The van der Waals surface area contributed by atoms with Gasteiger partial charge >= 0.3 is 0 Å². The lowest BCUT2D eigenvalue weighted by Crippen LogP contribution is -2.23. The zero-order valence-electron chi connectivity index (χ0n) is 10.6. The Bertz CT molecular complexity index is 516. The van der Waals surface area contributed by atoms with Crippen molar-refractivity contribution in [3.05, 3.63) is 39.5 Å². The summed E-state index contributed by atoms with van der Waals surface area (Å²) >= 11 is 14.4. The van der Waals surface area contributed by atoms with E-state index in [4.69, 9.17) is 0 Å². The summed E-state index contributed by atoms with van der Waals surface area (Å²) < 4.78 is 3.54. The molecule has 0 aromatic carbocycles. The van der Waals surface area contributed by atoms with Gasteiger partial charge in [-0.25, -0.2) is 0 Å². The van der Waals surface area contributed by atoms with E-state index in [2.05, 4.69) is 79.1 Å². The Kier molecular flexibility index (Phi) is 6.11. The van der Waals surface area contributed by atoms with Crippen LogP contribution in [0.3, 0.4) is 0 Å². The molecule has 2 aromatic rings. The Labute approximate surface area is 147 Å². The predicted octanol–water partition coefficient (Wildman–Crippen LogP) is 6.49. The van der Waals surface area contributed by atoms with E-state index in [0.717, 1.165) is 16.8 Å². The van der Waals surface area contributed by atoms with Crippen LogP contribution in [0.4, 0.5) is 0 Å². The highest BCUT2D eigenvalue weighted by atomic mass is 79.9. The second-order valence-corrected chi connectivity index (χ2v) is 10.6. The molecule has 0 bridgehead atoms. The van der Waals surface area contributed by atoms with E-state index in [1.54, 1.807) is 22.7 Å². The molecule has 0 fully saturated rings. The summed E-state index contributed by atoms with van der Waals surface area (Å²) in [6, 6.07) is 4.68. The van der Waals surface area contributed by atoms with E-state index >= 15 is 0 Å². The van der Waals surface area contributed by atoms with Crippen molar-refractivity contribution in [2.24, 2.45) is 0 Å². The molecule has 19 heavy (non-hydrogen) atoms. The molecule has 0 saturated heterocycles. The van der Waals surface area contributed by atoms with Crippen LogP contribution in [0.25, 0.3) is 0 Å². The molecule has 0 aliphatic carbocycles. The van der Waals surface area contributed by atoms with E-state index in [1.165, 1.54) is 23.6 Å². The Balaban J connectivity index is 2.41. The molecule has 0 radical (unpaired) electrons. The van der Waals surface area contributed by atoms with E-state index < -0.39 is 0 Å². The van der Waals surface area contributed by atoms with Gasteiger partial charge in [-0.1, -0.05) is 6.92 Å². The fraction of sp³-hybridized carbons (Fsp3) is 0.385. The maximum Gasteiger partial charge on any atom is 0.0761 e. The molecule has 6 heteroatoms. The molecule has 0 spiro atoms. The van der Waals surface area contributed by atoms with Crippen molar-refractivity contribution in [2.75, 3.05) is 6.54 Å². The summed E-state index contributed by atoms with van der Waals surface area (Å²) in [7, 11) is 0. The van der Waals surface area contributed by atoms with Crippen LogP contribution in [-0.4, -0.2) is 6.54 Å². The number of thiophene rings is 2. The van der Waals surface area contributed by atoms with Gasteiger partial charge in [0, 0.05) is 4.88 Å². The Hall–Kier alpha value is 0.800. The third-order valence-corrected chi connectivity index (χ3v) is 6.78. The van der Waals surface area contributed by atoms with Crippen LogP contribution in [0, 0.1) is 6.92 Å². The normalized spacial score (nSPS) is 12.9. The van der Waals surface area contributed by atoms with Gasteiger partial charge in [-0.05, 0) is 90.9 Å². The van der Waals surface area contributed by atoms with E-state index in [0.29, 0.717) is 0 Å². The molecule has 1 unspecified atom stereocenters. The van der Waals surface area contributed by atoms with Crippen LogP contribution in [0.1, 0.15) is 35.4 Å². The summed E-state index contributed by atoms with van der Waals surface area (Å²) in [5.41, 5.74) is 2.66. The third kappa shape index (κ3) is 3.92. The first-order valence-electron chi connectivity index (χ1n) is 5.96. The molecule has 2 rings (SSSR count). The zero-order chi connectivity index (χ0) is 14.0. The van der Waals surface area contributed by atoms with Crippen LogP contribution >= 0.6 is 70.5 Å². The number of nitrogens with one attached hydrogen (secondary N) is 1. The van der Waals surface area contributed by atoms with E-state index in [-0.39, 0.29) is 6.04 Å². The molecule has 104 valence electrons. The minimum absolute atomic E-state index is 0.249. The van der Waals surface area contributed by atoms with Gasteiger partial charge in [-0.3, -0.25) is 0 Å². The highest BCUT2D eigenvalue weighted by molar-refractivity contribution is 9.12. The minimum Gasteiger partial charge on any atom is -0.306 e. The summed E-state index contributed by atoms with van der Waals surface area (Å²) in [6.45, 7) is 5.39. The van der Waals surface area contributed by atoms with Crippen LogP contribution in [-0.2, 0) is 0 Å². The maximum absolute atomic E-state index is 3.68. The van der Waals surface area contributed by atoms with Crippen molar-refractivity contribution in [1.29, 1.82) is 0 Å². The zero-order valence-corrected chi connectivity index (χ0v) is 17.0. The molecule has 0 aliphatic rings.